The van der Waals surface area contributed by atoms with Gasteiger partial charge in [0.25, 0.3) is 0 Å². The van der Waals surface area contributed by atoms with Crippen LogP contribution in [0.15, 0.2) is 54.9 Å². The monoisotopic (exact) mass is 644 g/mol. The van der Waals surface area contributed by atoms with E-state index >= 15 is 0 Å². The van der Waals surface area contributed by atoms with Crippen LogP contribution in [0.5, 0.6) is 5.75 Å². The molecule has 0 atom stereocenters. The number of carbonyl (C=O) groups is 2. The number of ether oxygens (including phenoxy) is 2. The summed E-state index contributed by atoms with van der Waals surface area (Å²) in [5.74, 6) is 2.38. The standard InChI is InChI=1S/C38H52N4O5/c1-26(2)42-25-34(23-40-42)32-6-5-7-35(21-32)41(37(44)31-14-8-28(9-15-31)22-39-38(45)47-19-18-43)24-29-10-12-30(13-11-29)33-16-17-36(46-4)27(3)20-33/h5-7,16-17,20-21,23,25-26,28-31,43H,8-15,18-19,22,24H2,1-4H3,(H,39,45)/t28-,29-,30-,31-. The lowest BCUT2D eigenvalue weighted by atomic mass is 9.77. The molecular formula is C38H52N4O5. The van der Waals surface area contributed by atoms with Gasteiger partial charge in [-0.05, 0) is 125 Å². The molecule has 2 aliphatic rings. The molecule has 2 aromatic carbocycles. The van der Waals surface area contributed by atoms with Crippen LogP contribution < -0.4 is 15.0 Å². The third kappa shape index (κ3) is 8.95. The second-order valence-electron chi connectivity index (χ2n) is 13.7. The number of alkyl carbamates (subject to hydrolysis) is 1. The minimum Gasteiger partial charge on any atom is -0.496 e. The Hall–Kier alpha value is -3.85. The molecule has 9 nitrogen and oxygen atoms in total. The SMILES string of the molecule is COc1ccc([C@H]2CC[C@H](CN(c3cccc(-c4cnn(C(C)C)c4)c3)C(=O)[C@H]3CC[C@H](CNC(=O)OCCO)CC3)CC2)cc1C. The maximum atomic E-state index is 14.4. The fraction of sp³-hybridized carbons (Fsp3) is 0.553. The van der Waals surface area contributed by atoms with Gasteiger partial charge in [0.1, 0.15) is 12.4 Å². The van der Waals surface area contributed by atoms with E-state index in [2.05, 4.69) is 84.7 Å². The van der Waals surface area contributed by atoms with Crippen LogP contribution in [0.4, 0.5) is 10.5 Å². The zero-order valence-corrected chi connectivity index (χ0v) is 28.5. The molecule has 2 fully saturated rings. The number of nitrogens with zero attached hydrogens (tertiary/aromatic N) is 3. The molecule has 2 saturated carbocycles. The smallest absolute Gasteiger partial charge is 0.407 e. The van der Waals surface area contributed by atoms with Gasteiger partial charge in [-0.3, -0.25) is 9.48 Å². The third-order valence-corrected chi connectivity index (χ3v) is 10.1. The summed E-state index contributed by atoms with van der Waals surface area (Å²) in [6.07, 6.45) is 11.3. The Morgan fingerprint density at radius 2 is 1.74 bits per heavy atom. The first-order valence-electron chi connectivity index (χ1n) is 17.4. The summed E-state index contributed by atoms with van der Waals surface area (Å²) in [6, 6.07) is 15.2. The van der Waals surface area contributed by atoms with E-state index in [9.17, 15) is 9.59 Å². The maximum absolute atomic E-state index is 14.4. The van der Waals surface area contributed by atoms with Crippen LogP contribution >= 0.6 is 0 Å². The number of amides is 2. The third-order valence-electron chi connectivity index (χ3n) is 10.1. The predicted molar refractivity (Wildman–Crippen MR) is 185 cm³/mol. The van der Waals surface area contributed by atoms with Crippen LogP contribution in [0, 0.1) is 24.7 Å². The van der Waals surface area contributed by atoms with E-state index in [1.54, 1.807) is 7.11 Å². The summed E-state index contributed by atoms with van der Waals surface area (Å²) < 4.78 is 12.4. The molecule has 2 amide bonds. The first kappa shape index (κ1) is 34.5. The zero-order valence-electron chi connectivity index (χ0n) is 28.5. The van der Waals surface area contributed by atoms with Gasteiger partial charge in [-0.15, -0.1) is 0 Å². The van der Waals surface area contributed by atoms with Crippen LogP contribution in [0.2, 0.25) is 0 Å². The molecule has 1 aromatic heterocycles. The van der Waals surface area contributed by atoms with Crippen LogP contribution in [0.25, 0.3) is 11.1 Å². The zero-order chi connectivity index (χ0) is 33.3. The fourth-order valence-electron chi connectivity index (χ4n) is 7.29. The molecule has 9 heteroatoms. The van der Waals surface area contributed by atoms with Crippen LogP contribution in [-0.2, 0) is 9.53 Å². The van der Waals surface area contributed by atoms with E-state index < -0.39 is 6.09 Å². The van der Waals surface area contributed by atoms with Gasteiger partial charge in [-0.2, -0.15) is 5.10 Å². The second kappa shape index (κ2) is 16.3. The van der Waals surface area contributed by atoms with Gasteiger partial charge in [0.15, 0.2) is 0 Å². The number of nitrogens with one attached hydrogen (secondary N) is 1. The fourth-order valence-corrected chi connectivity index (χ4v) is 7.29. The molecule has 1 heterocycles. The molecule has 0 unspecified atom stereocenters. The number of rotatable bonds is 12. The van der Waals surface area contributed by atoms with Crippen molar-refractivity contribution in [1.82, 2.24) is 15.1 Å². The number of aromatic nitrogens is 2. The lowest BCUT2D eigenvalue weighted by Crippen LogP contribution is -2.42. The molecule has 0 radical (unpaired) electrons. The maximum Gasteiger partial charge on any atom is 0.407 e. The molecule has 254 valence electrons. The molecule has 47 heavy (non-hydrogen) atoms. The molecule has 0 bridgehead atoms. The number of hydrogen-bond donors (Lipinski definition) is 2. The van der Waals surface area contributed by atoms with Crippen molar-refractivity contribution < 1.29 is 24.2 Å². The first-order chi connectivity index (χ1) is 22.7. The van der Waals surface area contributed by atoms with Gasteiger partial charge < -0.3 is 24.8 Å². The topological polar surface area (TPSA) is 106 Å². The predicted octanol–water partition coefficient (Wildman–Crippen LogP) is 7.28. The number of methoxy groups -OCH3 is 1. The van der Waals surface area contributed by atoms with Crippen LogP contribution in [0.1, 0.15) is 88.3 Å². The minimum atomic E-state index is -0.501. The van der Waals surface area contributed by atoms with Crippen molar-refractivity contribution >= 4 is 17.7 Å². The molecule has 0 saturated heterocycles. The summed E-state index contributed by atoms with van der Waals surface area (Å²) in [7, 11) is 1.72. The average Bonchev–Trinajstić information content (AvgIpc) is 3.60. The van der Waals surface area contributed by atoms with Gasteiger partial charge in [0, 0.05) is 42.5 Å². The molecular weight excluding hydrogens is 592 g/mol. The molecule has 2 aliphatic carbocycles. The largest absolute Gasteiger partial charge is 0.496 e. The second-order valence-corrected chi connectivity index (χ2v) is 13.7. The molecule has 0 aliphatic heterocycles. The van der Waals surface area contributed by atoms with Crippen molar-refractivity contribution in [2.24, 2.45) is 17.8 Å². The van der Waals surface area contributed by atoms with Crippen molar-refractivity contribution in [2.45, 2.75) is 84.1 Å². The normalized spacial score (nSPS) is 21.3. The molecule has 3 aromatic rings. The van der Waals surface area contributed by atoms with Gasteiger partial charge >= 0.3 is 6.09 Å². The summed E-state index contributed by atoms with van der Waals surface area (Å²) in [6.45, 7) is 7.39. The van der Waals surface area contributed by atoms with E-state index in [1.807, 2.05) is 10.9 Å². The van der Waals surface area contributed by atoms with Crippen LogP contribution in [0.3, 0.4) is 0 Å². The summed E-state index contributed by atoms with van der Waals surface area (Å²) in [4.78, 5) is 28.3. The Bertz CT molecular complexity index is 1470. The summed E-state index contributed by atoms with van der Waals surface area (Å²) >= 11 is 0. The Morgan fingerprint density at radius 3 is 2.40 bits per heavy atom. The highest BCUT2D eigenvalue weighted by atomic mass is 16.6. The molecule has 5 rings (SSSR count). The van der Waals surface area contributed by atoms with E-state index in [0.29, 0.717) is 24.3 Å². The Labute approximate surface area is 279 Å². The highest BCUT2D eigenvalue weighted by Crippen LogP contribution is 2.39. The minimum absolute atomic E-state index is 0.00696. The first-order valence-corrected chi connectivity index (χ1v) is 17.4. The van der Waals surface area contributed by atoms with E-state index in [0.717, 1.165) is 80.5 Å². The van der Waals surface area contributed by atoms with E-state index in [1.165, 1.54) is 11.1 Å². The van der Waals surface area contributed by atoms with E-state index in [4.69, 9.17) is 14.6 Å². The van der Waals surface area contributed by atoms with Gasteiger partial charge in [0.05, 0.1) is 19.9 Å². The summed E-state index contributed by atoms with van der Waals surface area (Å²) in [5, 5.41) is 16.2. The highest BCUT2D eigenvalue weighted by molar-refractivity contribution is 5.95. The number of hydrogen-bond acceptors (Lipinski definition) is 6. The quantitative estimate of drug-likeness (QED) is 0.215. The number of aliphatic hydroxyl groups excluding tert-OH is 1. The lowest BCUT2D eigenvalue weighted by Gasteiger charge is -2.36. The summed E-state index contributed by atoms with van der Waals surface area (Å²) in [5.41, 5.74) is 5.63. The average molecular weight is 645 g/mol. The van der Waals surface area contributed by atoms with Crippen molar-refractivity contribution in [3.05, 3.63) is 66.0 Å². The Kier molecular flexibility index (Phi) is 12.0. The molecule has 0 spiro atoms. The van der Waals surface area contributed by atoms with Crippen molar-refractivity contribution in [2.75, 3.05) is 38.3 Å². The molecule has 2 N–H and O–H groups in total. The Morgan fingerprint density at radius 1 is 1.00 bits per heavy atom. The lowest BCUT2D eigenvalue weighted by molar-refractivity contribution is -0.123. The number of anilines is 1. The van der Waals surface area contributed by atoms with Crippen LogP contribution in [-0.4, -0.2) is 60.3 Å². The number of carbonyl (C=O) groups excluding carboxylic acids is 2. The number of aliphatic hydroxyl groups is 1. The number of benzene rings is 2. The van der Waals surface area contributed by atoms with Gasteiger partial charge in [-0.1, -0.05) is 24.3 Å². The van der Waals surface area contributed by atoms with Crippen molar-refractivity contribution in [3.8, 4) is 16.9 Å². The van der Waals surface area contributed by atoms with Gasteiger partial charge in [0.2, 0.25) is 5.91 Å². The highest BCUT2D eigenvalue weighted by Gasteiger charge is 2.33. The van der Waals surface area contributed by atoms with Crippen molar-refractivity contribution in [1.29, 1.82) is 0 Å². The van der Waals surface area contributed by atoms with Crippen molar-refractivity contribution in [3.63, 3.8) is 0 Å². The Balaban J connectivity index is 1.28. The van der Waals surface area contributed by atoms with Gasteiger partial charge in [-0.25, -0.2) is 4.79 Å². The number of aryl methyl sites for hydroxylation is 1. The van der Waals surface area contributed by atoms with E-state index in [-0.39, 0.29) is 31.1 Å².